The largest absolute Gasteiger partial charge is 0.419 e. The van der Waals surface area contributed by atoms with Gasteiger partial charge in [-0.05, 0) is 35.8 Å². The molecule has 0 atom stereocenters. The topological polar surface area (TPSA) is 17.1 Å². The highest BCUT2D eigenvalue weighted by molar-refractivity contribution is 6.01. The van der Waals surface area contributed by atoms with Gasteiger partial charge in [-0.1, -0.05) is 6.07 Å². The summed E-state index contributed by atoms with van der Waals surface area (Å²) < 4.78 is 50.4. The van der Waals surface area contributed by atoms with E-state index in [1.165, 1.54) is 12.1 Å². The first-order valence-corrected chi connectivity index (χ1v) is 4.98. The molecule has 0 radical (unpaired) electrons. The number of allylic oxidation sites excluding steroid dienone is 2. The van der Waals surface area contributed by atoms with Crippen LogP contribution in [0.1, 0.15) is 24.0 Å². The van der Waals surface area contributed by atoms with Crippen molar-refractivity contribution in [3.8, 4) is 0 Å². The van der Waals surface area contributed by atoms with Gasteiger partial charge in [0.1, 0.15) is 5.82 Å². The van der Waals surface area contributed by atoms with E-state index in [-0.39, 0.29) is 11.3 Å². The fourth-order valence-corrected chi connectivity index (χ4v) is 1.77. The summed E-state index contributed by atoms with van der Waals surface area (Å²) in [5.41, 5.74) is -0.514. The van der Waals surface area contributed by atoms with Gasteiger partial charge < -0.3 is 0 Å². The van der Waals surface area contributed by atoms with E-state index >= 15 is 0 Å². The van der Waals surface area contributed by atoms with Crippen LogP contribution in [0, 0.1) is 5.82 Å². The first-order chi connectivity index (χ1) is 7.88. The van der Waals surface area contributed by atoms with Crippen molar-refractivity contribution in [2.75, 3.05) is 0 Å². The van der Waals surface area contributed by atoms with Gasteiger partial charge in [0, 0.05) is 6.42 Å². The van der Waals surface area contributed by atoms with Crippen LogP contribution in [-0.2, 0) is 11.0 Å². The lowest BCUT2D eigenvalue weighted by Crippen LogP contribution is -2.08. The summed E-state index contributed by atoms with van der Waals surface area (Å²) >= 11 is 0. The molecule has 0 bridgehead atoms. The zero-order chi connectivity index (χ0) is 12.6. The minimum absolute atomic E-state index is 0.113. The predicted molar refractivity (Wildman–Crippen MR) is 53.6 cm³/mol. The SMILES string of the molecule is O=C1C=C(c2ccc(F)c(C(F)(F)F)c2)CC1. The minimum Gasteiger partial charge on any atom is -0.295 e. The van der Waals surface area contributed by atoms with E-state index in [4.69, 9.17) is 0 Å². The van der Waals surface area contributed by atoms with Crippen LogP contribution < -0.4 is 0 Å². The predicted octanol–water partition coefficient (Wildman–Crippen LogP) is 3.59. The molecule has 2 rings (SSSR count). The quantitative estimate of drug-likeness (QED) is 0.690. The number of alkyl halides is 3. The molecule has 1 aliphatic rings. The minimum atomic E-state index is -4.72. The van der Waals surface area contributed by atoms with E-state index in [0.29, 0.717) is 18.4 Å². The lowest BCUT2D eigenvalue weighted by atomic mass is 10.0. The third kappa shape index (κ3) is 2.38. The Kier molecular flexibility index (Phi) is 2.77. The normalized spacial score (nSPS) is 16.2. The third-order valence-corrected chi connectivity index (χ3v) is 2.62. The van der Waals surface area contributed by atoms with Gasteiger partial charge in [0.15, 0.2) is 5.78 Å². The summed E-state index contributed by atoms with van der Waals surface area (Å²) in [6.45, 7) is 0. The number of carbonyl (C=O) groups excluding carboxylic acids is 1. The molecule has 0 fully saturated rings. The maximum atomic E-state index is 13.0. The van der Waals surface area contributed by atoms with Crippen molar-refractivity contribution in [3.05, 3.63) is 41.2 Å². The Morgan fingerprint density at radius 1 is 1.12 bits per heavy atom. The van der Waals surface area contributed by atoms with Crippen molar-refractivity contribution in [1.82, 2.24) is 0 Å². The molecular formula is C12H8F4O. The van der Waals surface area contributed by atoms with Crippen molar-refractivity contribution < 1.29 is 22.4 Å². The monoisotopic (exact) mass is 244 g/mol. The molecule has 0 unspecified atom stereocenters. The van der Waals surface area contributed by atoms with E-state index in [1.807, 2.05) is 0 Å². The fraction of sp³-hybridized carbons (Fsp3) is 0.250. The van der Waals surface area contributed by atoms with Gasteiger partial charge >= 0.3 is 6.18 Å². The van der Waals surface area contributed by atoms with Gasteiger partial charge in [-0.3, -0.25) is 4.79 Å². The molecule has 0 amide bonds. The number of rotatable bonds is 1. The summed E-state index contributed by atoms with van der Waals surface area (Å²) in [6.07, 6.45) is -2.70. The molecule has 0 heterocycles. The van der Waals surface area contributed by atoms with E-state index in [9.17, 15) is 22.4 Å². The molecule has 90 valence electrons. The van der Waals surface area contributed by atoms with Crippen LogP contribution in [0.25, 0.3) is 5.57 Å². The maximum absolute atomic E-state index is 13.0. The molecule has 1 nitrogen and oxygen atoms in total. The molecule has 0 aromatic heterocycles. The summed E-state index contributed by atoms with van der Waals surface area (Å²) in [5.74, 6) is -1.41. The lowest BCUT2D eigenvalue weighted by Gasteiger charge is -2.10. The number of hydrogen-bond donors (Lipinski definition) is 0. The zero-order valence-electron chi connectivity index (χ0n) is 8.64. The van der Waals surface area contributed by atoms with E-state index in [0.717, 1.165) is 12.1 Å². The van der Waals surface area contributed by atoms with E-state index in [2.05, 4.69) is 0 Å². The average molecular weight is 244 g/mol. The molecule has 17 heavy (non-hydrogen) atoms. The van der Waals surface area contributed by atoms with E-state index in [1.54, 1.807) is 0 Å². The second-order valence-corrected chi connectivity index (χ2v) is 3.83. The molecule has 0 saturated heterocycles. The summed E-state index contributed by atoms with van der Waals surface area (Å²) in [7, 11) is 0. The van der Waals surface area contributed by atoms with Crippen LogP contribution in [-0.4, -0.2) is 5.78 Å². The molecule has 0 saturated carbocycles. The molecular weight excluding hydrogens is 236 g/mol. The second kappa shape index (κ2) is 3.98. The number of hydrogen-bond acceptors (Lipinski definition) is 1. The molecule has 0 aliphatic heterocycles. The van der Waals surface area contributed by atoms with Crippen molar-refractivity contribution in [2.45, 2.75) is 19.0 Å². The second-order valence-electron chi connectivity index (χ2n) is 3.83. The summed E-state index contributed by atoms with van der Waals surface area (Å²) in [4.78, 5) is 11.0. The van der Waals surface area contributed by atoms with Crippen LogP contribution in [0.3, 0.4) is 0 Å². The first kappa shape index (κ1) is 11.8. The third-order valence-electron chi connectivity index (χ3n) is 2.62. The van der Waals surface area contributed by atoms with Gasteiger partial charge in [0.05, 0.1) is 5.56 Å². The molecule has 1 aliphatic carbocycles. The Hall–Kier alpha value is -1.65. The van der Waals surface area contributed by atoms with Crippen LogP contribution in [0.4, 0.5) is 17.6 Å². The molecule has 1 aromatic carbocycles. The highest BCUT2D eigenvalue weighted by Gasteiger charge is 2.34. The van der Waals surface area contributed by atoms with Gasteiger partial charge in [0.25, 0.3) is 0 Å². The highest BCUT2D eigenvalue weighted by Crippen LogP contribution is 2.34. The Balaban J connectivity index is 2.45. The Morgan fingerprint density at radius 2 is 1.82 bits per heavy atom. The smallest absolute Gasteiger partial charge is 0.295 e. The lowest BCUT2D eigenvalue weighted by molar-refractivity contribution is -0.140. The van der Waals surface area contributed by atoms with Gasteiger partial charge in [-0.2, -0.15) is 13.2 Å². The number of ketones is 1. The molecule has 1 aromatic rings. The molecule has 0 N–H and O–H groups in total. The molecule has 0 spiro atoms. The Labute approximate surface area is 94.7 Å². The fourth-order valence-electron chi connectivity index (χ4n) is 1.77. The first-order valence-electron chi connectivity index (χ1n) is 4.98. The standard InChI is InChI=1S/C12H8F4O/c13-11-4-2-8(6-10(11)12(14,15)16)7-1-3-9(17)5-7/h2,4-6H,1,3H2. The van der Waals surface area contributed by atoms with Crippen molar-refractivity contribution >= 4 is 11.4 Å². The van der Waals surface area contributed by atoms with Crippen LogP contribution in [0.5, 0.6) is 0 Å². The van der Waals surface area contributed by atoms with Crippen LogP contribution in [0.2, 0.25) is 0 Å². The van der Waals surface area contributed by atoms with Gasteiger partial charge in [0.2, 0.25) is 0 Å². The maximum Gasteiger partial charge on any atom is 0.419 e. The Morgan fingerprint density at radius 3 is 2.35 bits per heavy atom. The average Bonchev–Trinajstić information content (AvgIpc) is 2.64. The Bertz CT molecular complexity index is 500. The molecule has 5 heteroatoms. The van der Waals surface area contributed by atoms with Crippen molar-refractivity contribution in [3.63, 3.8) is 0 Å². The van der Waals surface area contributed by atoms with Gasteiger partial charge in [-0.15, -0.1) is 0 Å². The van der Waals surface area contributed by atoms with Gasteiger partial charge in [-0.25, -0.2) is 4.39 Å². The van der Waals surface area contributed by atoms with Crippen molar-refractivity contribution in [1.29, 1.82) is 0 Å². The van der Waals surface area contributed by atoms with Crippen LogP contribution in [0.15, 0.2) is 24.3 Å². The number of halogens is 4. The van der Waals surface area contributed by atoms with Crippen LogP contribution >= 0.6 is 0 Å². The van der Waals surface area contributed by atoms with Crippen molar-refractivity contribution in [2.24, 2.45) is 0 Å². The number of carbonyl (C=O) groups is 1. The number of benzene rings is 1. The zero-order valence-corrected chi connectivity index (χ0v) is 8.64. The van der Waals surface area contributed by atoms with E-state index < -0.39 is 17.6 Å². The summed E-state index contributed by atoms with van der Waals surface area (Å²) in [6, 6.07) is 2.79. The highest BCUT2D eigenvalue weighted by atomic mass is 19.4. The summed E-state index contributed by atoms with van der Waals surface area (Å²) in [5, 5.41) is 0.